The van der Waals surface area contributed by atoms with E-state index in [1.54, 1.807) is 47.6 Å². The van der Waals surface area contributed by atoms with Gasteiger partial charge in [0.1, 0.15) is 0 Å². The highest BCUT2D eigenvalue weighted by atomic mass is 32.2. The summed E-state index contributed by atoms with van der Waals surface area (Å²) in [6, 6.07) is 27.6. The van der Waals surface area contributed by atoms with E-state index in [1.165, 1.54) is 4.70 Å². The lowest BCUT2D eigenvalue weighted by molar-refractivity contribution is -0.268. The number of hydrogen-bond acceptors (Lipinski definition) is 8. The van der Waals surface area contributed by atoms with Crippen LogP contribution in [0.15, 0.2) is 102 Å². The van der Waals surface area contributed by atoms with Crippen LogP contribution >= 0.6 is 23.1 Å². The van der Waals surface area contributed by atoms with Gasteiger partial charge in [-0.1, -0.05) is 79.3 Å². The Bertz CT molecular complexity index is 1590. The largest absolute Gasteiger partial charge is 0.392 e. The number of hydrogen-bond donors (Lipinski definition) is 2. The summed E-state index contributed by atoms with van der Waals surface area (Å²) in [4.78, 5) is 21.2. The Morgan fingerprint density at radius 1 is 0.952 bits per heavy atom. The van der Waals surface area contributed by atoms with Crippen LogP contribution in [0.3, 0.4) is 0 Å². The highest BCUT2D eigenvalue weighted by Crippen LogP contribution is 2.43. The van der Waals surface area contributed by atoms with Crippen LogP contribution in [0.4, 0.5) is 0 Å². The molecular formula is C33H31N3O4S2. The molecule has 4 unspecified atom stereocenters. The molecule has 0 bridgehead atoms. The molecule has 5 aromatic rings. The molecule has 3 aromatic carbocycles. The smallest absolute Gasteiger partial charge is 0.253 e. The monoisotopic (exact) mass is 597 g/mol. The van der Waals surface area contributed by atoms with Crippen LogP contribution in [0.5, 0.6) is 0 Å². The molecule has 9 heteroatoms. The minimum atomic E-state index is -0.552. The van der Waals surface area contributed by atoms with Crippen LogP contribution in [-0.4, -0.2) is 32.8 Å². The van der Waals surface area contributed by atoms with Crippen molar-refractivity contribution in [1.82, 2.24) is 15.3 Å². The summed E-state index contributed by atoms with van der Waals surface area (Å²) in [7, 11) is 0. The Morgan fingerprint density at radius 3 is 2.45 bits per heavy atom. The maximum Gasteiger partial charge on any atom is 0.253 e. The van der Waals surface area contributed by atoms with E-state index in [9.17, 15) is 9.90 Å². The molecule has 1 aliphatic rings. The quantitative estimate of drug-likeness (QED) is 0.183. The number of aromatic nitrogens is 2. The fourth-order valence-corrected chi connectivity index (χ4v) is 7.21. The zero-order valence-corrected chi connectivity index (χ0v) is 24.7. The van der Waals surface area contributed by atoms with Crippen LogP contribution in [-0.2, 0) is 22.6 Å². The summed E-state index contributed by atoms with van der Waals surface area (Å²) < 4.78 is 15.4. The molecule has 1 fully saturated rings. The van der Waals surface area contributed by atoms with Crippen molar-refractivity contribution >= 4 is 39.2 Å². The van der Waals surface area contributed by atoms with Crippen LogP contribution in [0.25, 0.3) is 10.2 Å². The van der Waals surface area contributed by atoms with Gasteiger partial charge in [-0.25, -0.2) is 4.98 Å². The first-order valence-electron chi connectivity index (χ1n) is 13.8. The third-order valence-corrected chi connectivity index (χ3v) is 9.67. The number of fused-ring (bicyclic) bond motifs is 1. The lowest BCUT2D eigenvalue weighted by Crippen LogP contribution is -2.38. The number of para-hydroxylation sites is 1. The second-order valence-corrected chi connectivity index (χ2v) is 12.5. The molecule has 0 radical (unpaired) electrons. The average molecular weight is 598 g/mol. The number of thioether (sulfide) groups is 1. The summed E-state index contributed by atoms with van der Waals surface area (Å²) >= 11 is 3.42. The van der Waals surface area contributed by atoms with E-state index >= 15 is 0 Å². The van der Waals surface area contributed by atoms with E-state index in [2.05, 4.69) is 23.3 Å². The molecule has 3 heterocycles. The second kappa shape index (κ2) is 13.1. The topological polar surface area (TPSA) is 93.6 Å². The molecule has 2 aromatic heterocycles. The highest BCUT2D eigenvalue weighted by molar-refractivity contribution is 8.01. The molecule has 0 spiro atoms. The normalized spacial score (nSPS) is 20.4. The first kappa shape index (κ1) is 28.5. The fourth-order valence-electron chi connectivity index (χ4n) is 4.95. The van der Waals surface area contributed by atoms with Crippen LogP contribution in [0.1, 0.15) is 51.9 Å². The number of ether oxygens (including phenoxy) is 2. The van der Waals surface area contributed by atoms with Gasteiger partial charge < -0.3 is 19.9 Å². The van der Waals surface area contributed by atoms with E-state index in [0.717, 1.165) is 37.9 Å². The van der Waals surface area contributed by atoms with Gasteiger partial charge in [0.2, 0.25) is 0 Å². The molecule has 214 valence electrons. The number of rotatable bonds is 9. The molecule has 42 heavy (non-hydrogen) atoms. The van der Waals surface area contributed by atoms with E-state index in [1.807, 2.05) is 66.7 Å². The first-order chi connectivity index (χ1) is 20.6. The molecular weight excluding hydrogens is 567 g/mol. The number of pyridine rings is 1. The van der Waals surface area contributed by atoms with Gasteiger partial charge in [-0.05, 0) is 41.0 Å². The summed E-state index contributed by atoms with van der Waals surface area (Å²) in [6.07, 6.45) is 2.38. The third kappa shape index (κ3) is 6.56. The number of thiazole rings is 1. The van der Waals surface area contributed by atoms with Crippen molar-refractivity contribution in [1.29, 1.82) is 0 Å². The van der Waals surface area contributed by atoms with Gasteiger partial charge in [-0.2, -0.15) is 0 Å². The third-order valence-electron chi connectivity index (χ3n) is 7.40. The Kier molecular flexibility index (Phi) is 8.92. The van der Waals surface area contributed by atoms with Crippen molar-refractivity contribution in [2.24, 2.45) is 5.92 Å². The number of nitrogens with one attached hydrogen (secondary N) is 1. The zero-order chi connectivity index (χ0) is 28.9. The van der Waals surface area contributed by atoms with Gasteiger partial charge in [-0.15, -0.1) is 11.3 Å². The summed E-state index contributed by atoms with van der Waals surface area (Å²) in [5, 5.41) is 12.5. The number of carbonyl (C=O) groups is 1. The minimum absolute atomic E-state index is 0.00354. The van der Waals surface area contributed by atoms with Crippen molar-refractivity contribution in [3.8, 4) is 0 Å². The lowest BCUT2D eigenvalue weighted by Gasteiger charge is -2.41. The van der Waals surface area contributed by atoms with Crippen LogP contribution in [0.2, 0.25) is 0 Å². The number of nitrogens with zero attached hydrogens (tertiary/aromatic N) is 2. The molecule has 0 saturated carbocycles. The van der Waals surface area contributed by atoms with Gasteiger partial charge in [0, 0.05) is 36.2 Å². The van der Waals surface area contributed by atoms with E-state index in [0.29, 0.717) is 12.1 Å². The minimum Gasteiger partial charge on any atom is -0.392 e. The number of aliphatic hydroxyl groups excluding tert-OH is 1. The van der Waals surface area contributed by atoms with Crippen LogP contribution < -0.4 is 5.32 Å². The number of amides is 1. The summed E-state index contributed by atoms with van der Waals surface area (Å²) in [5.74, 6) is 0.665. The average Bonchev–Trinajstić information content (AvgIpc) is 3.47. The lowest BCUT2D eigenvalue weighted by atomic mass is 9.91. The summed E-state index contributed by atoms with van der Waals surface area (Å²) in [6.45, 7) is 2.57. The SMILES string of the molecule is CC1C(CSc2nc3ccccc3s2)OC(c2ccc(CNC(=O)c3cccnc3)cc2)OC1c1ccc(CO)cc1. The molecule has 1 aliphatic heterocycles. The summed E-state index contributed by atoms with van der Waals surface area (Å²) in [5.41, 5.74) is 5.35. The molecule has 1 saturated heterocycles. The van der Waals surface area contributed by atoms with E-state index < -0.39 is 6.29 Å². The Morgan fingerprint density at radius 2 is 1.71 bits per heavy atom. The highest BCUT2D eigenvalue weighted by Gasteiger charge is 2.38. The molecule has 1 amide bonds. The maximum absolute atomic E-state index is 12.4. The van der Waals surface area contributed by atoms with Crippen molar-refractivity contribution in [3.63, 3.8) is 0 Å². The standard InChI is InChI=1S/C33H31N3O4S2/c1-21-28(20-41-33-36-27-6-2-3-7-29(27)42-33)39-32(40-30(21)24-12-10-23(19-37)11-13-24)25-14-8-22(9-15-25)17-35-31(38)26-5-4-16-34-18-26/h2-16,18,21,28,30,32,37H,17,19-20H2,1H3,(H,35,38). The molecule has 0 aliphatic carbocycles. The van der Waals surface area contributed by atoms with Crippen molar-refractivity contribution in [3.05, 3.63) is 125 Å². The van der Waals surface area contributed by atoms with Gasteiger partial charge in [0.25, 0.3) is 5.91 Å². The number of aliphatic hydroxyl groups is 1. The second-order valence-electron chi connectivity index (χ2n) is 10.2. The van der Waals surface area contributed by atoms with Gasteiger partial charge in [0.15, 0.2) is 10.6 Å². The fraction of sp³-hybridized carbons (Fsp3) is 0.242. The van der Waals surface area contributed by atoms with Gasteiger partial charge >= 0.3 is 0 Å². The first-order valence-corrected chi connectivity index (χ1v) is 15.6. The molecule has 2 N–H and O–H groups in total. The number of carbonyl (C=O) groups excluding carboxylic acids is 1. The van der Waals surface area contributed by atoms with Crippen molar-refractivity contribution < 1.29 is 19.4 Å². The van der Waals surface area contributed by atoms with Crippen molar-refractivity contribution in [2.45, 2.75) is 42.9 Å². The Labute approximate surface area is 252 Å². The predicted molar refractivity (Wildman–Crippen MR) is 165 cm³/mol. The van der Waals surface area contributed by atoms with Crippen LogP contribution in [0, 0.1) is 5.92 Å². The van der Waals surface area contributed by atoms with Gasteiger partial charge in [-0.3, -0.25) is 9.78 Å². The predicted octanol–water partition coefficient (Wildman–Crippen LogP) is 6.70. The Balaban J connectivity index is 1.18. The molecule has 4 atom stereocenters. The van der Waals surface area contributed by atoms with E-state index in [-0.39, 0.29) is 30.6 Å². The molecule has 6 rings (SSSR count). The molecule has 7 nitrogen and oxygen atoms in total. The van der Waals surface area contributed by atoms with E-state index in [4.69, 9.17) is 14.5 Å². The van der Waals surface area contributed by atoms with Gasteiger partial charge in [0.05, 0.1) is 34.6 Å². The Hall–Kier alpha value is -3.60. The zero-order valence-electron chi connectivity index (χ0n) is 23.1. The number of benzene rings is 3. The van der Waals surface area contributed by atoms with Crippen molar-refractivity contribution in [2.75, 3.05) is 5.75 Å². The maximum atomic E-state index is 12.4.